The lowest BCUT2D eigenvalue weighted by Gasteiger charge is -2.31. The molecule has 1 saturated carbocycles. The number of allylic oxidation sites excluding steroid dienone is 5. The molecule has 0 saturated heterocycles. The topological polar surface area (TPSA) is 0 Å². The lowest BCUT2D eigenvalue weighted by atomic mass is 9.74. The Labute approximate surface area is 188 Å². The van der Waals surface area contributed by atoms with Crippen molar-refractivity contribution in [3.8, 4) is 0 Å². The van der Waals surface area contributed by atoms with Gasteiger partial charge in [-0.2, -0.15) is 0 Å². The van der Waals surface area contributed by atoms with E-state index in [0.717, 1.165) is 18.8 Å². The van der Waals surface area contributed by atoms with E-state index >= 15 is 0 Å². The number of hydrogen-bond acceptors (Lipinski definition) is 0. The molecule has 0 bridgehead atoms. The van der Waals surface area contributed by atoms with Gasteiger partial charge in [-0.1, -0.05) is 94.7 Å². The van der Waals surface area contributed by atoms with E-state index in [2.05, 4.69) is 69.0 Å². The maximum atomic E-state index is 4.57. The van der Waals surface area contributed by atoms with Crippen molar-refractivity contribution in [2.45, 2.75) is 77.6 Å². The molecular weight excluding hydrogens is 372 g/mol. The summed E-state index contributed by atoms with van der Waals surface area (Å²) < 4.78 is 0. The molecule has 0 aliphatic heterocycles. The summed E-state index contributed by atoms with van der Waals surface area (Å²) in [6, 6.07) is 13.6. The fourth-order valence-electron chi connectivity index (χ4n) is 6.35. The third-order valence-corrected chi connectivity index (χ3v) is 8.06. The van der Waals surface area contributed by atoms with Crippen LogP contribution in [0.4, 0.5) is 0 Å². The summed E-state index contributed by atoms with van der Waals surface area (Å²) in [6.07, 6.45) is 16.4. The van der Waals surface area contributed by atoms with Crippen molar-refractivity contribution in [3.05, 3.63) is 94.1 Å². The van der Waals surface area contributed by atoms with Crippen LogP contribution < -0.4 is 0 Å². The predicted molar refractivity (Wildman–Crippen MR) is 134 cm³/mol. The smallest absolute Gasteiger partial charge is 0.00105 e. The van der Waals surface area contributed by atoms with Gasteiger partial charge in [0, 0.05) is 0 Å². The zero-order valence-electron chi connectivity index (χ0n) is 19.3. The average Bonchev–Trinajstić information content (AvgIpc) is 3.35. The van der Waals surface area contributed by atoms with Crippen LogP contribution in [0.2, 0.25) is 0 Å². The molecule has 3 aliphatic carbocycles. The van der Waals surface area contributed by atoms with Gasteiger partial charge in [0.2, 0.25) is 0 Å². The van der Waals surface area contributed by atoms with Crippen molar-refractivity contribution in [2.24, 2.45) is 5.92 Å². The molecule has 31 heavy (non-hydrogen) atoms. The summed E-state index contributed by atoms with van der Waals surface area (Å²) in [7, 11) is 0. The minimum atomic E-state index is 0.662. The number of fused-ring (bicyclic) bond motifs is 2. The monoisotopic (exact) mass is 408 g/mol. The molecule has 0 heteroatoms. The van der Waals surface area contributed by atoms with E-state index < -0.39 is 0 Å². The first-order valence-corrected chi connectivity index (χ1v) is 12.5. The molecule has 0 spiro atoms. The first kappa shape index (κ1) is 20.6. The Morgan fingerprint density at radius 2 is 1.84 bits per heavy atom. The standard InChI is InChI=1S/C31H36/c1-4-10-25-17-18-28-21(2)27(19-26-16-15-24-13-8-9-14-29(24)26)20-30(28)31(25)22(3)23-11-6-5-7-12-23/h8-9,13-14,16-19,22-23H,2,4-7,10-12,15,20H2,1,3H3/b27-19+. The Hall–Kier alpha value is -2.34. The molecule has 2 aromatic rings. The van der Waals surface area contributed by atoms with Crippen molar-refractivity contribution in [3.63, 3.8) is 0 Å². The molecule has 1 fully saturated rings. The Kier molecular flexibility index (Phi) is 5.74. The molecule has 0 aromatic heterocycles. The van der Waals surface area contributed by atoms with Gasteiger partial charge in [-0.3, -0.25) is 0 Å². The highest BCUT2D eigenvalue weighted by atomic mass is 14.3. The quantitative estimate of drug-likeness (QED) is 0.465. The lowest BCUT2D eigenvalue weighted by molar-refractivity contribution is 0.314. The number of rotatable bonds is 5. The predicted octanol–water partition coefficient (Wildman–Crippen LogP) is 8.46. The molecule has 1 unspecified atom stereocenters. The van der Waals surface area contributed by atoms with Gasteiger partial charge in [-0.15, -0.1) is 0 Å². The van der Waals surface area contributed by atoms with E-state index in [-0.39, 0.29) is 0 Å². The van der Waals surface area contributed by atoms with Gasteiger partial charge >= 0.3 is 0 Å². The van der Waals surface area contributed by atoms with Crippen molar-refractivity contribution in [1.82, 2.24) is 0 Å². The van der Waals surface area contributed by atoms with Crippen molar-refractivity contribution < 1.29 is 0 Å². The van der Waals surface area contributed by atoms with Gasteiger partial charge in [-0.25, -0.2) is 0 Å². The highest BCUT2D eigenvalue weighted by molar-refractivity contribution is 5.91. The van der Waals surface area contributed by atoms with Gasteiger partial charge in [0.15, 0.2) is 0 Å². The van der Waals surface area contributed by atoms with Gasteiger partial charge in [-0.05, 0) is 94.0 Å². The molecular formula is C31H36. The summed E-state index contributed by atoms with van der Waals surface area (Å²) in [4.78, 5) is 0. The van der Waals surface area contributed by atoms with Gasteiger partial charge in [0.1, 0.15) is 0 Å². The van der Waals surface area contributed by atoms with Crippen LogP contribution in [0.15, 0.2) is 60.7 Å². The van der Waals surface area contributed by atoms with Crippen molar-refractivity contribution >= 4 is 11.1 Å². The molecule has 160 valence electrons. The van der Waals surface area contributed by atoms with Crippen LogP contribution >= 0.6 is 0 Å². The molecule has 3 aliphatic rings. The third-order valence-electron chi connectivity index (χ3n) is 8.06. The van der Waals surface area contributed by atoms with Crippen molar-refractivity contribution in [1.29, 1.82) is 0 Å². The first-order valence-electron chi connectivity index (χ1n) is 12.5. The fourth-order valence-corrected chi connectivity index (χ4v) is 6.35. The van der Waals surface area contributed by atoms with E-state index in [1.54, 1.807) is 16.7 Å². The summed E-state index contributed by atoms with van der Waals surface area (Å²) in [5, 5.41) is 0. The molecule has 5 rings (SSSR count). The molecule has 0 radical (unpaired) electrons. The highest BCUT2D eigenvalue weighted by Crippen LogP contribution is 2.46. The zero-order chi connectivity index (χ0) is 21.4. The van der Waals surface area contributed by atoms with Gasteiger partial charge in [0.05, 0.1) is 0 Å². The second-order valence-electron chi connectivity index (χ2n) is 9.95. The zero-order valence-corrected chi connectivity index (χ0v) is 19.3. The number of benzene rings is 2. The molecule has 0 amide bonds. The molecule has 0 nitrogen and oxygen atoms in total. The maximum absolute atomic E-state index is 4.57. The van der Waals surface area contributed by atoms with Crippen LogP contribution in [0.25, 0.3) is 11.1 Å². The fraction of sp³-hybridized carbons (Fsp3) is 0.419. The minimum Gasteiger partial charge on any atom is -0.0909 e. The maximum Gasteiger partial charge on any atom is -0.00105 e. The SMILES string of the molecule is C=C1/C(=C/C2=CCc3ccccc32)Cc2c1ccc(CCC)c2C(C)C1CCCCC1. The summed E-state index contributed by atoms with van der Waals surface area (Å²) in [5.74, 6) is 1.51. The Balaban J connectivity index is 1.52. The summed E-state index contributed by atoms with van der Waals surface area (Å²) in [6.45, 7) is 9.40. The van der Waals surface area contributed by atoms with E-state index in [1.807, 2.05) is 0 Å². The average molecular weight is 409 g/mol. The molecule has 0 heterocycles. The Bertz CT molecular complexity index is 1060. The van der Waals surface area contributed by atoms with Gasteiger partial charge < -0.3 is 0 Å². The van der Waals surface area contributed by atoms with Crippen molar-refractivity contribution in [2.75, 3.05) is 0 Å². The third kappa shape index (κ3) is 3.75. The number of aryl methyl sites for hydroxylation is 1. The van der Waals surface area contributed by atoms with E-state index in [0.29, 0.717) is 5.92 Å². The van der Waals surface area contributed by atoms with Crippen LogP contribution in [0.1, 0.15) is 91.7 Å². The van der Waals surface area contributed by atoms with Crippen LogP contribution in [0.3, 0.4) is 0 Å². The Morgan fingerprint density at radius 1 is 1.03 bits per heavy atom. The molecule has 1 atom stereocenters. The largest absolute Gasteiger partial charge is 0.0909 e. The lowest BCUT2D eigenvalue weighted by Crippen LogP contribution is -2.17. The second-order valence-corrected chi connectivity index (χ2v) is 9.95. The summed E-state index contributed by atoms with van der Waals surface area (Å²) >= 11 is 0. The first-order chi connectivity index (χ1) is 15.2. The second kappa shape index (κ2) is 8.65. The number of hydrogen-bond donors (Lipinski definition) is 0. The van der Waals surface area contributed by atoms with Crippen LogP contribution in [-0.4, -0.2) is 0 Å². The Morgan fingerprint density at radius 3 is 2.65 bits per heavy atom. The minimum absolute atomic E-state index is 0.662. The van der Waals surface area contributed by atoms with Gasteiger partial charge in [0.25, 0.3) is 0 Å². The van der Waals surface area contributed by atoms with E-state index in [9.17, 15) is 0 Å². The summed E-state index contributed by atoms with van der Waals surface area (Å²) in [5.41, 5.74) is 13.2. The molecule has 2 aromatic carbocycles. The molecule has 0 N–H and O–H groups in total. The van der Waals surface area contributed by atoms with Crippen LogP contribution in [-0.2, 0) is 19.3 Å². The normalized spacial score (nSPS) is 20.6. The van der Waals surface area contributed by atoms with Crippen LogP contribution in [0, 0.1) is 5.92 Å². The highest BCUT2D eigenvalue weighted by Gasteiger charge is 2.30. The van der Waals surface area contributed by atoms with E-state index in [1.165, 1.54) is 78.4 Å². The van der Waals surface area contributed by atoms with Crippen LogP contribution in [0.5, 0.6) is 0 Å². The van der Waals surface area contributed by atoms with E-state index in [4.69, 9.17) is 0 Å².